The molecule has 0 saturated carbocycles. The molecule has 0 aliphatic rings. The summed E-state index contributed by atoms with van der Waals surface area (Å²) in [5, 5.41) is 9.23. The molecule has 0 amide bonds. The summed E-state index contributed by atoms with van der Waals surface area (Å²) in [7, 11) is 0. The number of halogens is 3. The Hall–Kier alpha value is -1.57. The van der Waals surface area contributed by atoms with Crippen LogP contribution >= 0.6 is 27.5 Å². The van der Waals surface area contributed by atoms with E-state index >= 15 is 0 Å². The first kappa shape index (κ1) is 13.9. The number of benzene rings is 2. The lowest BCUT2D eigenvalue weighted by molar-refractivity contribution is 0.306. The summed E-state index contributed by atoms with van der Waals surface area (Å²) in [6.45, 7) is 0.219. The Morgan fingerprint density at radius 3 is 2.74 bits per heavy atom. The summed E-state index contributed by atoms with van der Waals surface area (Å²) in [5.41, 5.74) is 0.708. The summed E-state index contributed by atoms with van der Waals surface area (Å²) in [5.74, 6) is 0.000577. The average Bonchev–Trinajstić information content (AvgIpc) is 2.39. The minimum atomic E-state index is -0.534. The van der Waals surface area contributed by atoms with E-state index in [2.05, 4.69) is 15.9 Å². The predicted molar refractivity (Wildman–Crippen MR) is 74.6 cm³/mol. The Morgan fingerprint density at radius 1 is 1.26 bits per heavy atom. The third kappa shape index (κ3) is 3.46. The third-order valence-electron chi connectivity index (χ3n) is 2.44. The van der Waals surface area contributed by atoms with E-state index in [0.717, 1.165) is 4.47 Å². The summed E-state index contributed by atoms with van der Waals surface area (Å²) >= 11 is 9.31. The Kier molecular flexibility index (Phi) is 4.41. The number of rotatable bonds is 3. The molecule has 5 heteroatoms. The van der Waals surface area contributed by atoms with Crippen molar-refractivity contribution in [1.29, 1.82) is 5.26 Å². The molecular formula is C14H8BrClFNO. The van der Waals surface area contributed by atoms with Crippen LogP contribution < -0.4 is 4.74 Å². The van der Waals surface area contributed by atoms with Gasteiger partial charge in [0.2, 0.25) is 0 Å². The molecule has 0 N–H and O–H groups in total. The van der Waals surface area contributed by atoms with Gasteiger partial charge in [0.15, 0.2) is 0 Å². The second kappa shape index (κ2) is 6.05. The molecule has 0 aliphatic carbocycles. The Labute approximate surface area is 123 Å². The zero-order valence-electron chi connectivity index (χ0n) is 9.66. The van der Waals surface area contributed by atoms with E-state index in [4.69, 9.17) is 21.6 Å². The van der Waals surface area contributed by atoms with Crippen molar-refractivity contribution in [2.45, 2.75) is 6.61 Å². The average molecular weight is 341 g/mol. The summed E-state index contributed by atoms with van der Waals surface area (Å²) in [6, 6.07) is 11.3. The molecule has 0 radical (unpaired) electrons. The highest BCUT2D eigenvalue weighted by atomic mass is 79.9. The molecule has 0 fully saturated rings. The van der Waals surface area contributed by atoms with Crippen molar-refractivity contribution in [3.05, 3.63) is 62.8 Å². The molecule has 0 heterocycles. The smallest absolute Gasteiger partial charge is 0.140 e. The largest absolute Gasteiger partial charge is 0.487 e. The van der Waals surface area contributed by atoms with Crippen molar-refractivity contribution in [3.8, 4) is 11.8 Å². The molecule has 0 unspecified atom stereocenters. The van der Waals surface area contributed by atoms with E-state index in [0.29, 0.717) is 16.3 Å². The molecule has 2 aromatic carbocycles. The third-order valence-corrected chi connectivity index (χ3v) is 3.23. The Bertz CT molecular complexity index is 654. The molecule has 0 atom stereocenters. The van der Waals surface area contributed by atoms with Crippen LogP contribution in [0.4, 0.5) is 4.39 Å². The molecule has 2 nitrogen and oxygen atoms in total. The number of ether oxygens (including phenoxy) is 1. The highest BCUT2D eigenvalue weighted by Gasteiger charge is 2.05. The van der Waals surface area contributed by atoms with Crippen molar-refractivity contribution >= 4 is 27.5 Å². The summed E-state index contributed by atoms with van der Waals surface area (Å²) in [4.78, 5) is 0. The number of hydrogen-bond acceptors (Lipinski definition) is 2. The lowest BCUT2D eigenvalue weighted by atomic mass is 10.1. The molecule has 0 saturated heterocycles. The molecule has 0 bridgehead atoms. The van der Waals surface area contributed by atoms with Gasteiger partial charge in [-0.05, 0) is 35.9 Å². The number of nitriles is 1. The van der Waals surface area contributed by atoms with Crippen LogP contribution in [0.1, 0.15) is 11.1 Å². The van der Waals surface area contributed by atoms with Gasteiger partial charge in [-0.25, -0.2) is 4.39 Å². The van der Waals surface area contributed by atoms with Crippen LogP contribution in [0.5, 0.6) is 5.75 Å². The monoisotopic (exact) mass is 339 g/mol. The maximum atomic E-state index is 13.2. The molecule has 0 aliphatic heterocycles. The summed E-state index contributed by atoms with van der Waals surface area (Å²) < 4.78 is 19.5. The van der Waals surface area contributed by atoms with E-state index in [9.17, 15) is 4.39 Å². The van der Waals surface area contributed by atoms with Gasteiger partial charge < -0.3 is 4.74 Å². The minimum absolute atomic E-state index is 0.00278. The molecular weight excluding hydrogens is 333 g/mol. The number of nitrogens with zero attached hydrogens (tertiary/aromatic N) is 1. The zero-order valence-corrected chi connectivity index (χ0v) is 12.0. The minimum Gasteiger partial charge on any atom is -0.487 e. The molecule has 0 spiro atoms. The maximum Gasteiger partial charge on any atom is 0.140 e. The molecule has 2 rings (SSSR count). The first-order valence-corrected chi connectivity index (χ1v) is 6.53. The van der Waals surface area contributed by atoms with Crippen molar-refractivity contribution in [3.63, 3.8) is 0 Å². The quantitative estimate of drug-likeness (QED) is 0.812. The van der Waals surface area contributed by atoms with Gasteiger partial charge in [-0.1, -0.05) is 33.6 Å². The first-order valence-electron chi connectivity index (χ1n) is 5.36. The number of hydrogen-bond donors (Lipinski definition) is 0. The predicted octanol–water partition coefficient (Wildman–Crippen LogP) is 4.69. The van der Waals surface area contributed by atoms with Crippen LogP contribution in [0.2, 0.25) is 5.02 Å². The van der Waals surface area contributed by atoms with Crippen LogP contribution in [0.15, 0.2) is 40.9 Å². The standard InChI is InChI=1S/C14H8BrClFNO/c15-11-2-4-14(12(16)6-11)19-8-9-1-3-13(17)10(5-9)7-18/h1-6H,8H2. The highest BCUT2D eigenvalue weighted by Crippen LogP contribution is 2.28. The zero-order chi connectivity index (χ0) is 13.8. The van der Waals surface area contributed by atoms with E-state index < -0.39 is 5.82 Å². The molecule has 96 valence electrons. The summed E-state index contributed by atoms with van der Waals surface area (Å²) in [6.07, 6.45) is 0. The SMILES string of the molecule is N#Cc1cc(COc2ccc(Br)cc2Cl)ccc1F. The molecule has 0 aromatic heterocycles. The first-order chi connectivity index (χ1) is 9.10. The maximum absolute atomic E-state index is 13.2. The van der Waals surface area contributed by atoms with Crippen molar-refractivity contribution < 1.29 is 9.13 Å². The van der Waals surface area contributed by atoms with Gasteiger partial charge >= 0.3 is 0 Å². The van der Waals surface area contributed by atoms with E-state index in [-0.39, 0.29) is 12.2 Å². The molecule has 2 aromatic rings. The van der Waals surface area contributed by atoms with Crippen LogP contribution in [0.3, 0.4) is 0 Å². The van der Waals surface area contributed by atoms with Gasteiger partial charge in [-0.15, -0.1) is 0 Å². The highest BCUT2D eigenvalue weighted by molar-refractivity contribution is 9.10. The Balaban J connectivity index is 2.13. The topological polar surface area (TPSA) is 33.0 Å². The van der Waals surface area contributed by atoms with Gasteiger partial charge in [0, 0.05) is 4.47 Å². The van der Waals surface area contributed by atoms with E-state index in [1.54, 1.807) is 24.3 Å². The van der Waals surface area contributed by atoms with E-state index in [1.807, 2.05) is 6.07 Å². The van der Waals surface area contributed by atoms with Crippen molar-refractivity contribution in [2.75, 3.05) is 0 Å². The lowest BCUT2D eigenvalue weighted by Crippen LogP contribution is -1.97. The lowest BCUT2D eigenvalue weighted by Gasteiger charge is -2.08. The fourth-order valence-corrected chi connectivity index (χ4v) is 2.23. The van der Waals surface area contributed by atoms with Crippen LogP contribution in [0.25, 0.3) is 0 Å². The van der Waals surface area contributed by atoms with Crippen LogP contribution in [0, 0.1) is 17.1 Å². The van der Waals surface area contributed by atoms with Gasteiger partial charge in [-0.2, -0.15) is 5.26 Å². The normalized spacial score (nSPS) is 10.0. The van der Waals surface area contributed by atoms with Crippen molar-refractivity contribution in [1.82, 2.24) is 0 Å². The van der Waals surface area contributed by atoms with Gasteiger partial charge in [0.05, 0.1) is 10.6 Å². The van der Waals surface area contributed by atoms with Crippen molar-refractivity contribution in [2.24, 2.45) is 0 Å². The van der Waals surface area contributed by atoms with E-state index in [1.165, 1.54) is 12.1 Å². The van der Waals surface area contributed by atoms with Gasteiger partial charge in [0.25, 0.3) is 0 Å². The fraction of sp³-hybridized carbons (Fsp3) is 0.0714. The fourth-order valence-electron chi connectivity index (χ4n) is 1.50. The van der Waals surface area contributed by atoms with Crippen LogP contribution in [-0.4, -0.2) is 0 Å². The second-order valence-corrected chi connectivity index (χ2v) is 5.11. The van der Waals surface area contributed by atoms with Gasteiger partial charge in [0.1, 0.15) is 24.2 Å². The van der Waals surface area contributed by atoms with Crippen LogP contribution in [-0.2, 0) is 6.61 Å². The second-order valence-electron chi connectivity index (χ2n) is 3.79. The van der Waals surface area contributed by atoms with Gasteiger partial charge in [-0.3, -0.25) is 0 Å². The molecule has 19 heavy (non-hydrogen) atoms. The Morgan fingerprint density at radius 2 is 2.05 bits per heavy atom.